The summed E-state index contributed by atoms with van der Waals surface area (Å²) in [6, 6.07) is 14.8. The maximum absolute atomic E-state index is 12.4. The van der Waals surface area contributed by atoms with Gasteiger partial charge in [-0.15, -0.1) is 0 Å². The van der Waals surface area contributed by atoms with Gasteiger partial charge < -0.3 is 10.6 Å². The molecule has 0 aromatic heterocycles. The van der Waals surface area contributed by atoms with Gasteiger partial charge in [-0.1, -0.05) is 43.7 Å². The molecule has 2 aromatic carbocycles. The number of carbonyl (C=O) groups excluding carboxylic acids is 2. The fraction of sp³-hybridized carbons (Fsp3) is 0.462. The highest BCUT2D eigenvalue weighted by molar-refractivity contribution is 5.97. The minimum Gasteiger partial charge on any atom is -0.369 e. The Bertz CT molecular complexity index is 948. The van der Waals surface area contributed by atoms with Gasteiger partial charge in [-0.05, 0) is 73.2 Å². The van der Waals surface area contributed by atoms with Crippen LogP contribution in [0, 0.1) is 0 Å². The van der Waals surface area contributed by atoms with E-state index in [2.05, 4.69) is 29.2 Å². The predicted octanol–water partition coefficient (Wildman–Crippen LogP) is 4.44. The SMILES string of the molecule is CCC1CC(C(N)=O)c2cc(-c3ccc(CN4CCCCC4)cc3)ccc2N1C(C)=O. The summed E-state index contributed by atoms with van der Waals surface area (Å²) in [6.45, 7) is 7.01. The van der Waals surface area contributed by atoms with Gasteiger partial charge in [0.1, 0.15) is 0 Å². The van der Waals surface area contributed by atoms with Gasteiger partial charge in [0.05, 0.1) is 5.92 Å². The molecule has 2 amide bonds. The number of likely N-dealkylation sites (tertiary alicyclic amines) is 1. The Labute approximate surface area is 185 Å². The summed E-state index contributed by atoms with van der Waals surface area (Å²) >= 11 is 0. The second-order valence-electron chi connectivity index (χ2n) is 8.95. The molecule has 2 heterocycles. The van der Waals surface area contributed by atoms with E-state index in [0.717, 1.165) is 35.3 Å². The molecule has 0 aliphatic carbocycles. The van der Waals surface area contributed by atoms with Crippen LogP contribution >= 0.6 is 0 Å². The van der Waals surface area contributed by atoms with E-state index in [1.165, 1.54) is 37.9 Å². The highest BCUT2D eigenvalue weighted by atomic mass is 16.2. The number of nitrogens with two attached hydrogens (primary N) is 1. The summed E-state index contributed by atoms with van der Waals surface area (Å²) in [6.07, 6.45) is 5.31. The molecule has 1 fully saturated rings. The van der Waals surface area contributed by atoms with Gasteiger partial charge in [0.15, 0.2) is 0 Å². The average Bonchev–Trinajstić information content (AvgIpc) is 2.78. The van der Waals surface area contributed by atoms with Crippen molar-refractivity contribution < 1.29 is 9.59 Å². The quantitative estimate of drug-likeness (QED) is 0.779. The zero-order chi connectivity index (χ0) is 22.0. The molecule has 0 saturated carbocycles. The highest BCUT2D eigenvalue weighted by Crippen LogP contribution is 2.41. The first-order valence-corrected chi connectivity index (χ1v) is 11.5. The summed E-state index contributed by atoms with van der Waals surface area (Å²) in [5.74, 6) is -0.684. The van der Waals surface area contributed by atoms with E-state index in [4.69, 9.17) is 5.73 Å². The largest absolute Gasteiger partial charge is 0.369 e. The smallest absolute Gasteiger partial charge is 0.225 e. The third-order valence-electron chi connectivity index (χ3n) is 6.83. The van der Waals surface area contributed by atoms with Crippen molar-refractivity contribution in [2.45, 2.75) is 64.5 Å². The topological polar surface area (TPSA) is 66.6 Å². The summed E-state index contributed by atoms with van der Waals surface area (Å²) < 4.78 is 0. The summed E-state index contributed by atoms with van der Waals surface area (Å²) in [7, 11) is 0. The Balaban J connectivity index is 1.62. The van der Waals surface area contributed by atoms with Crippen LogP contribution < -0.4 is 10.6 Å². The Morgan fingerprint density at radius 1 is 1.00 bits per heavy atom. The maximum Gasteiger partial charge on any atom is 0.225 e. The van der Waals surface area contributed by atoms with Crippen LogP contribution in [0.15, 0.2) is 42.5 Å². The maximum atomic E-state index is 12.4. The molecule has 2 aliphatic rings. The van der Waals surface area contributed by atoms with Gasteiger partial charge in [0, 0.05) is 25.2 Å². The van der Waals surface area contributed by atoms with E-state index in [0.29, 0.717) is 6.42 Å². The standard InChI is InChI=1S/C26H33N3O2/c1-3-22-16-24(26(27)31)23-15-21(11-12-25(23)29(22)18(2)30)20-9-7-19(8-10-20)17-28-13-5-4-6-14-28/h7-12,15,22,24H,3-6,13-14,16-17H2,1-2H3,(H2,27,31). The molecule has 0 bridgehead atoms. The van der Waals surface area contributed by atoms with Gasteiger partial charge in [-0.25, -0.2) is 0 Å². The lowest BCUT2D eigenvalue weighted by Crippen LogP contribution is -2.45. The van der Waals surface area contributed by atoms with Crippen molar-refractivity contribution in [2.24, 2.45) is 5.73 Å². The van der Waals surface area contributed by atoms with Gasteiger partial charge >= 0.3 is 0 Å². The number of fused-ring (bicyclic) bond motifs is 1. The monoisotopic (exact) mass is 419 g/mol. The van der Waals surface area contributed by atoms with Crippen LogP contribution in [0.1, 0.15) is 63.0 Å². The van der Waals surface area contributed by atoms with Gasteiger partial charge in [-0.2, -0.15) is 0 Å². The molecule has 31 heavy (non-hydrogen) atoms. The molecule has 1 saturated heterocycles. The van der Waals surface area contributed by atoms with Crippen molar-refractivity contribution in [1.82, 2.24) is 4.90 Å². The number of anilines is 1. The van der Waals surface area contributed by atoms with Crippen LogP contribution in [0.25, 0.3) is 11.1 Å². The minimum absolute atomic E-state index is 0.00224. The lowest BCUT2D eigenvalue weighted by molar-refractivity contribution is -0.121. The molecule has 2 N–H and O–H groups in total. The lowest BCUT2D eigenvalue weighted by atomic mass is 9.82. The van der Waals surface area contributed by atoms with Crippen LogP contribution in [0.2, 0.25) is 0 Å². The summed E-state index contributed by atoms with van der Waals surface area (Å²) in [4.78, 5) is 29.0. The number of benzene rings is 2. The fourth-order valence-corrected chi connectivity index (χ4v) is 5.16. The van der Waals surface area contributed by atoms with Crippen molar-refractivity contribution in [3.63, 3.8) is 0 Å². The van der Waals surface area contributed by atoms with E-state index in [1.54, 1.807) is 6.92 Å². The molecule has 2 aromatic rings. The minimum atomic E-state index is -0.367. The van der Waals surface area contributed by atoms with Crippen molar-refractivity contribution >= 4 is 17.5 Å². The van der Waals surface area contributed by atoms with Crippen LogP contribution in [0.4, 0.5) is 5.69 Å². The second-order valence-corrected chi connectivity index (χ2v) is 8.95. The van der Waals surface area contributed by atoms with Crippen molar-refractivity contribution in [3.8, 4) is 11.1 Å². The number of rotatable bonds is 5. The van der Waals surface area contributed by atoms with E-state index < -0.39 is 0 Å². The van der Waals surface area contributed by atoms with Gasteiger partial charge in [0.2, 0.25) is 11.8 Å². The first kappa shape index (κ1) is 21.6. The first-order valence-electron chi connectivity index (χ1n) is 11.5. The Hall–Kier alpha value is -2.66. The molecular weight excluding hydrogens is 386 g/mol. The van der Waals surface area contributed by atoms with Crippen molar-refractivity contribution in [2.75, 3.05) is 18.0 Å². The van der Waals surface area contributed by atoms with E-state index in [1.807, 2.05) is 30.0 Å². The molecule has 4 rings (SSSR count). The second kappa shape index (κ2) is 9.23. The number of carbonyl (C=O) groups is 2. The van der Waals surface area contributed by atoms with Crippen LogP contribution in [0.3, 0.4) is 0 Å². The number of primary amides is 1. The predicted molar refractivity (Wildman–Crippen MR) is 125 cm³/mol. The number of amides is 2. The zero-order valence-corrected chi connectivity index (χ0v) is 18.6. The van der Waals surface area contributed by atoms with Gasteiger partial charge in [-0.3, -0.25) is 14.5 Å². The number of nitrogens with zero attached hydrogens (tertiary/aromatic N) is 2. The fourth-order valence-electron chi connectivity index (χ4n) is 5.16. The van der Waals surface area contributed by atoms with E-state index in [9.17, 15) is 9.59 Å². The van der Waals surface area contributed by atoms with Crippen LogP contribution in [-0.4, -0.2) is 35.8 Å². The third-order valence-corrected chi connectivity index (χ3v) is 6.83. The van der Waals surface area contributed by atoms with E-state index in [-0.39, 0.29) is 23.8 Å². The average molecular weight is 420 g/mol. The molecule has 2 aliphatic heterocycles. The molecule has 5 nitrogen and oxygen atoms in total. The third kappa shape index (κ3) is 4.52. The summed E-state index contributed by atoms with van der Waals surface area (Å²) in [5.41, 5.74) is 10.9. The van der Waals surface area contributed by atoms with Gasteiger partial charge in [0.25, 0.3) is 0 Å². The Kier molecular flexibility index (Phi) is 6.42. The number of hydrogen-bond donors (Lipinski definition) is 1. The molecule has 164 valence electrons. The molecular formula is C26H33N3O2. The Morgan fingerprint density at radius 2 is 1.68 bits per heavy atom. The first-order chi connectivity index (χ1) is 15.0. The summed E-state index contributed by atoms with van der Waals surface area (Å²) in [5, 5.41) is 0. The zero-order valence-electron chi connectivity index (χ0n) is 18.6. The highest BCUT2D eigenvalue weighted by Gasteiger charge is 2.36. The normalized spacial score (nSPS) is 21.5. The van der Waals surface area contributed by atoms with Crippen LogP contribution in [-0.2, 0) is 16.1 Å². The Morgan fingerprint density at radius 3 is 2.29 bits per heavy atom. The van der Waals surface area contributed by atoms with Crippen LogP contribution in [0.5, 0.6) is 0 Å². The van der Waals surface area contributed by atoms with Crippen molar-refractivity contribution in [3.05, 3.63) is 53.6 Å². The molecule has 0 spiro atoms. The number of piperidine rings is 1. The molecule has 0 radical (unpaired) electrons. The molecule has 2 atom stereocenters. The molecule has 5 heteroatoms. The lowest BCUT2D eigenvalue weighted by Gasteiger charge is -2.39. The molecule has 2 unspecified atom stereocenters. The van der Waals surface area contributed by atoms with E-state index >= 15 is 0 Å². The van der Waals surface area contributed by atoms with Crippen molar-refractivity contribution in [1.29, 1.82) is 0 Å². The number of hydrogen-bond acceptors (Lipinski definition) is 3.